The fourth-order valence-corrected chi connectivity index (χ4v) is 7.45. The number of alkyl carbamates (subject to hydrolysis) is 1. The standard InChI is InChI=1S/C36H40N2O9.C7H10O6/c1-35(2)44-28(18-37-32(39)30-31(47-36(3,4)46-30)33(40)42-20-22-12-6-5-7-13-22)29(45-35)19-38-34(41)43-21-27-25-16-10-8-14-23(25)24-15-9-11-17-26(24)27;1-7(2)12-3(5(8)9)4(13-7)6(10)11/h5-17,27-31H,18-21H2,1-4H3,(H,37,39)(H,38,41);3-4H,1-2H3,(H,8,9)(H,10,11)/t28-,29+,30-,31+;3-,4+/m1./s1. The van der Waals surface area contributed by atoms with Gasteiger partial charge in [0, 0.05) is 19.0 Å². The lowest BCUT2D eigenvalue weighted by Crippen LogP contribution is -2.49. The normalized spacial score (nSPS) is 25.5. The zero-order valence-corrected chi connectivity index (χ0v) is 34.1. The van der Waals surface area contributed by atoms with E-state index < -0.39 is 83.9 Å². The van der Waals surface area contributed by atoms with E-state index in [2.05, 4.69) is 34.9 Å². The maximum absolute atomic E-state index is 13.3. The van der Waals surface area contributed by atoms with Gasteiger partial charge < -0.3 is 58.7 Å². The maximum atomic E-state index is 13.3. The molecule has 0 bridgehead atoms. The van der Waals surface area contributed by atoms with Gasteiger partial charge in [0.05, 0.1) is 0 Å². The number of carboxylic acid groups (broad SMARTS) is 2. The van der Waals surface area contributed by atoms with Crippen LogP contribution in [0.15, 0.2) is 78.9 Å². The highest BCUT2D eigenvalue weighted by Gasteiger charge is 2.51. The molecule has 3 aliphatic heterocycles. The van der Waals surface area contributed by atoms with E-state index in [4.69, 9.17) is 48.1 Å². The van der Waals surface area contributed by atoms with Gasteiger partial charge in [0.25, 0.3) is 5.91 Å². The molecule has 0 aromatic heterocycles. The molecule has 0 spiro atoms. The van der Waals surface area contributed by atoms with Crippen molar-refractivity contribution in [3.8, 4) is 11.1 Å². The first-order chi connectivity index (χ1) is 28.3. The number of hydrogen-bond acceptors (Lipinski definition) is 13. The fourth-order valence-electron chi connectivity index (χ4n) is 7.45. The molecule has 3 aromatic carbocycles. The van der Waals surface area contributed by atoms with Crippen LogP contribution in [0.1, 0.15) is 64.2 Å². The van der Waals surface area contributed by atoms with E-state index in [0.717, 1.165) is 27.8 Å². The molecular weight excluding hydrogens is 784 g/mol. The van der Waals surface area contributed by atoms with E-state index >= 15 is 0 Å². The molecule has 0 saturated carbocycles. The summed E-state index contributed by atoms with van der Waals surface area (Å²) in [4.78, 5) is 60.1. The van der Waals surface area contributed by atoms with E-state index in [1.54, 1.807) is 27.7 Å². The predicted octanol–water partition coefficient (Wildman–Crippen LogP) is 4.10. The van der Waals surface area contributed by atoms with Crippen LogP contribution < -0.4 is 10.6 Å². The van der Waals surface area contributed by atoms with Crippen LogP contribution in [0.25, 0.3) is 11.1 Å². The second-order valence-electron chi connectivity index (χ2n) is 15.9. The molecule has 3 fully saturated rings. The Morgan fingerprint density at radius 3 is 1.55 bits per heavy atom. The van der Waals surface area contributed by atoms with E-state index in [9.17, 15) is 24.0 Å². The topological polar surface area (TPSA) is 224 Å². The summed E-state index contributed by atoms with van der Waals surface area (Å²) in [5.74, 6) is -7.29. The van der Waals surface area contributed by atoms with Crippen LogP contribution >= 0.6 is 0 Å². The van der Waals surface area contributed by atoms with Crippen LogP contribution in [0.4, 0.5) is 4.79 Å². The van der Waals surface area contributed by atoms with Gasteiger partial charge in [0.1, 0.15) is 25.4 Å². The lowest BCUT2D eigenvalue weighted by Gasteiger charge is -2.20. The second-order valence-corrected chi connectivity index (χ2v) is 15.9. The monoisotopic (exact) mass is 834 g/mol. The molecule has 3 heterocycles. The van der Waals surface area contributed by atoms with Crippen molar-refractivity contribution in [3.05, 3.63) is 95.6 Å². The Hall–Kier alpha value is -5.43. The summed E-state index contributed by atoms with van der Waals surface area (Å²) < 4.78 is 44.5. The molecule has 60 heavy (non-hydrogen) atoms. The Morgan fingerprint density at radius 1 is 0.567 bits per heavy atom. The van der Waals surface area contributed by atoms with Crippen molar-refractivity contribution in [2.45, 2.75) is 108 Å². The van der Waals surface area contributed by atoms with Crippen molar-refractivity contribution in [1.29, 1.82) is 0 Å². The zero-order chi connectivity index (χ0) is 43.4. The number of aliphatic carboxylic acids is 2. The molecule has 4 N–H and O–H groups in total. The second kappa shape index (κ2) is 18.0. The summed E-state index contributed by atoms with van der Waals surface area (Å²) in [6, 6.07) is 25.5. The third-order valence-electron chi connectivity index (χ3n) is 9.95. The predicted molar refractivity (Wildman–Crippen MR) is 209 cm³/mol. The van der Waals surface area contributed by atoms with Crippen molar-refractivity contribution in [1.82, 2.24) is 10.6 Å². The Bertz CT molecular complexity index is 1980. The van der Waals surface area contributed by atoms with Crippen molar-refractivity contribution >= 4 is 29.9 Å². The number of ether oxygens (including phenoxy) is 8. The van der Waals surface area contributed by atoms with Crippen molar-refractivity contribution < 1.29 is 72.1 Å². The lowest BCUT2D eigenvalue weighted by atomic mass is 9.98. The van der Waals surface area contributed by atoms with Gasteiger partial charge in [-0.3, -0.25) is 4.79 Å². The molecular formula is C43H50N2O15. The highest BCUT2D eigenvalue weighted by Crippen LogP contribution is 2.44. The number of hydrogen-bond donors (Lipinski definition) is 4. The molecule has 3 aromatic rings. The van der Waals surface area contributed by atoms with Gasteiger partial charge in [-0.25, -0.2) is 19.2 Å². The van der Waals surface area contributed by atoms with Crippen molar-refractivity contribution in [3.63, 3.8) is 0 Å². The van der Waals surface area contributed by atoms with Crippen LogP contribution in [-0.2, 0) is 63.7 Å². The molecule has 0 unspecified atom stereocenters. The van der Waals surface area contributed by atoms with E-state index in [1.165, 1.54) is 13.8 Å². The van der Waals surface area contributed by atoms with Crippen LogP contribution in [0.3, 0.4) is 0 Å². The van der Waals surface area contributed by atoms with E-state index in [-0.39, 0.29) is 32.2 Å². The molecule has 17 heteroatoms. The first-order valence-electron chi connectivity index (χ1n) is 19.4. The zero-order valence-electron chi connectivity index (χ0n) is 34.1. The number of carbonyl (C=O) groups excluding carboxylic acids is 3. The summed E-state index contributed by atoms with van der Waals surface area (Å²) in [6.07, 6.45) is -7.15. The average molecular weight is 835 g/mol. The van der Waals surface area contributed by atoms with Crippen molar-refractivity contribution in [2.75, 3.05) is 19.7 Å². The van der Waals surface area contributed by atoms with E-state index in [1.807, 2.05) is 54.6 Å². The van der Waals surface area contributed by atoms with E-state index in [0.29, 0.717) is 0 Å². The summed E-state index contributed by atoms with van der Waals surface area (Å²) in [5, 5.41) is 22.8. The minimum Gasteiger partial charge on any atom is -0.479 e. The first-order valence-corrected chi connectivity index (χ1v) is 19.4. The smallest absolute Gasteiger partial charge is 0.407 e. The molecule has 3 saturated heterocycles. The van der Waals surface area contributed by atoms with Gasteiger partial charge in [-0.1, -0.05) is 78.9 Å². The molecule has 1 aliphatic carbocycles. The number of fused-ring (bicyclic) bond motifs is 3. The Morgan fingerprint density at radius 2 is 1.02 bits per heavy atom. The van der Waals surface area contributed by atoms with Gasteiger partial charge >= 0.3 is 24.0 Å². The Kier molecular flexibility index (Phi) is 13.3. The summed E-state index contributed by atoms with van der Waals surface area (Å²) in [6.45, 7) is 10.0. The number of nitrogens with one attached hydrogen (secondary N) is 2. The van der Waals surface area contributed by atoms with Gasteiger partial charge in [-0.05, 0) is 69.4 Å². The van der Waals surface area contributed by atoms with Gasteiger partial charge in [0.15, 0.2) is 41.8 Å². The third-order valence-corrected chi connectivity index (χ3v) is 9.95. The lowest BCUT2D eigenvalue weighted by molar-refractivity contribution is -0.171. The minimum absolute atomic E-state index is 0.0331. The molecule has 6 atom stereocenters. The highest BCUT2D eigenvalue weighted by atomic mass is 16.8. The molecule has 2 amide bonds. The number of carbonyl (C=O) groups is 5. The third kappa shape index (κ3) is 10.7. The van der Waals surface area contributed by atoms with Crippen LogP contribution in [-0.4, -0.2) is 114 Å². The molecule has 322 valence electrons. The first kappa shape index (κ1) is 44.1. The Labute approximate surface area is 346 Å². The number of benzene rings is 3. The number of carboxylic acids is 2. The fraction of sp³-hybridized carbons (Fsp3) is 0.465. The SMILES string of the molecule is CC1(C)O[C@@H](CNC(=O)OCC2c3ccccc3-c3ccccc32)[C@@H](CNC(=O)[C@@H]2OC(C)(C)O[C@@H]2C(=O)OCc2ccccc2)O1.CC1(C)O[C@H](C(=O)O)[C@H](C(=O)O)O1. The summed E-state index contributed by atoms with van der Waals surface area (Å²) in [7, 11) is 0. The largest absolute Gasteiger partial charge is 0.479 e. The molecule has 17 nitrogen and oxygen atoms in total. The summed E-state index contributed by atoms with van der Waals surface area (Å²) >= 11 is 0. The number of esters is 1. The highest BCUT2D eigenvalue weighted by molar-refractivity contribution is 5.89. The number of rotatable bonds is 12. The van der Waals surface area contributed by atoms with Gasteiger partial charge in [-0.2, -0.15) is 0 Å². The van der Waals surface area contributed by atoms with Crippen LogP contribution in [0.2, 0.25) is 0 Å². The van der Waals surface area contributed by atoms with Gasteiger partial charge in [0.2, 0.25) is 0 Å². The van der Waals surface area contributed by atoms with Gasteiger partial charge in [-0.15, -0.1) is 0 Å². The van der Waals surface area contributed by atoms with Crippen molar-refractivity contribution in [2.24, 2.45) is 0 Å². The minimum atomic E-state index is -1.44. The average Bonchev–Trinajstić information content (AvgIpc) is 3.92. The molecule has 7 rings (SSSR count). The number of amides is 2. The Balaban J connectivity index is 0.000000397. The summed E-state index contributed by atoms with van der Waals surface area (Å²) in [5.41, 5.74) is 5.35. The van der Waals surface area contributed by atoms with Crippen LogP contribution in [0.5, 0.6) is 0 Å². The maximum Gasteiger partial charge on any atom is 0.407 e. The molecule has 0 radical (unpaired) electrons. The quantitative estimate of drug-likeness (QED) is 0.189. The molecule has 4 aliphatic rings. The van der Waals surface area contributed by atoms with Crippen LogP contribution in [0, 0.1) is 0 Å².